The fourth-order valence-electron chi connectivity index (χ4n) is 3.80. The molecule has 7 nitrogen and oxygen atoms in total. The van der Waals surface area contributed by atoms with Crippen LogP contribution in [0.25, 0.3) is 22.6 Å². The van der Waals surface area contributed by atoms with Crippen LogP contribution in [0.3, 0.4) is 0 Å². The first-order valence-electron chi connectivity index (χ1n) is 10.7. The normalized spacial score (nSPS) is 14.2. The number of hydrogen-bond donors (Lipinski definition) is 2. The molecule has 3 aromatic rings. The molecular weight excluding hydrogens is 438 g/mol. The van der Waals surface area contributed by atoms with Gasteiger partial charge in [0.15, 0.2) is 6.61 Å². The number of nitrogens with zero attached hydrogens (tertiary/aromatic N) is 1. The number of amides is 3. The first-order valence-corrected chi connectivity index (χ1v) is 11.5. The number of urea groups is 1. The Hall–Kier alpha value is -3.52. The van der Waals surface area contributed by atoms with Crippen LogP contribution in [0, 0.1) is 0 Å². The van der Waals surface area contributed by atoms with Crippen LogP contribution in [0.1, 0.15) is 53.7 Å². The highest BCUT2D eigenvalue weighted by molar-refractivity contribution is 7.10. The Labute approximate surface area is 195 Å². The van der Waals surface area contributed by atoms with Crippen LogP contribution in [0.5, 0.6) is 0 Å². The maximum Gasteiger partial charge on any atom is 0.339 e. The lowest BCUT2D eigenvalue weighted by Gasteiger charge is -2.20. The third-order valence-corrected chi connectivity index (χ3v) is 5.90. The molecule has 0 bridgehead atoms. The number of pyridine rings is 1. The van der Waals surface area contributed by atoms with Crippen LogP contribution in [0.4, 0.5) is 4.79 Å². The molecule has 0 fully saturated rings. The van der Waals surface area contributed by atoms with Crippen molar-refractivity contribution in [1.82, 2.24) is 15.6 Å². The molecule has 0 unspecified atom stereocenters. The Kier molecular flexibility index (Phi) is 6.29. The molecule has 2 aromatic heterocycles. The Balaban J connectivity index is 1.58. The van der Waals surface area contributed by atoms with Gasteiger partial charge in [-0.05, 0) is 68.3 Å². The summed E-state index contributed by atoms with van der Waals surface area (Å²) in [6.45, 7) is 4.84. The molecule has 0 spiro atoms. The number of rotatable bonds is 4. The number of ether oxygens (including phenoxy) is 1. The lowest BCUT2D eigenvalue weighted by Crippen LogP contribution is -2.49. The monoisotopic (exact) mass is 463 g/mol. The molecule has 3 amide bonds. The summed E-state index contributed by atoms with van der Waals surface area (Å²) in [6, 6.07) is 10.8. The maximum atomic E-state index is 13.1. The molecule has 33 heavy (non-hydrogen) atoms. The Morgan fingerprint density at radius 3 is 2.64 bits per heavy atom. The number of carbonyl (C=O) groups excluding carboxylic acids is 3. The van der Waals surface area contributed by atoms with Crippen molar-refractivity contribution in [1.29, 1.82) is 0 Å². The lowest BCUT2D eigenvalue weighted by molar-refractivity contribution is -0.123. The topological polar surface area (TPSA) is 97.4 Å². The molecule has 0 saturated carbocycles. The average molecular weight is 464 g/mol. The zero-order valence-electron chi connectivity index (χ0n) is 18.7. The predicted molar refractivity (Wildman–Crippen MR) is 129 cm³/mol. The Bertz CT molecular complexity index is 1260. The van der Waals surface area contributed by atoms with E-state index >= 15 is 0 Å². The third kappa shape index (κ3) is 5.28. The minimum atomic E-state index is -0.696. The highest BCUT2D eigenvalue weighted by atomic mass is 32.1. The van der Waals surface area contributed by atoms with E-state index in [2.05, 4.69) is 16.7 Å². The van der Waals surface area contributed by atoms with E-state index < -0.39 is 30.1 Å². The standard InChI is InChI=1S/C25H25N3O4S/c1-25(2,3)28-24(31)27-20(29)14-32-23(30)21-17-8-4-5-9-19(17)26-22-15(10-11-18(21)22)13-16-7-6-12-33-16/h4-9,12-13H,10-11,14H2,1-3H3,(H2,27,28,29,31)/b15-13-. The first kappa shape index (κ1) is 22.7. The molecule has 170 valence electrons. The molecule has 1 aliphatic rings. The smallest absolute Gasteiger partial charge is 0.339 e. The summed E-state index contributed by atoms with van der Waals surface area (Å²) in [4.78, 5) is 43.1. The molecule has 1 aliphatic carbocycles. The van der Waals surface area contributed by atoms with E-state index in [1.165, 1.54) is 0 Å². The van der Waals surface area contributed by atoms with Crippen molar-refractivity contribution in [2.75, 3.05) is 6.61 Å². The summed E-state index contributed by atoms with van der Waals surface area (Å²) in [5.74, 6) is -1.30. The van der Waals surface area contributed by atoms with E-state index in [1.54, 1.807) is 32.1 Å². The van der Waals surface area contributed by atoms with Crippen LogP contribution >= 0.6 is 11.3 Å². The van der Waals surface area contributed by atoms with Crippen molar-refractivity contribution in [3.8, 4) is 0 Å². The van der Waals surface area contributed by atoms with Crippen molar-refractivity contribution in [3.63, 3.8) is 0 Å². The molecule has 0 saturated heterocycles. The molecule has 1 aromatic carbocycles. The van der Waals surface area contributed by atoms with Gasteiger partial charge in [-0.1, -0.05) is 24.3 Å². The van der Waals surface area contributed by atoms with Crippen LogP contribution in [0.15, 0.2) is 41.8 Å². The summed E-state index contributed by atoms with van der Waals surface area (Å²) < 4.78 is 5.32. The van der Waals surface area contributed by atoms with Crippen molar-refractivity contribution in [3.05, 3.63) is 63.5 Å². The first-order chi connectivity index (χ1) is 15.7. The van der Waals surface area contributed by atoms with Crippen molar-refractivity contribution in [2.45, 2.75) is 39.2 Å². The summed E-state index contributed by atoms with van der Waals surface area (Å²) >= 11 is 1.65. The van der Waals surface area contributed by atoms with Gasteiger partial charge in [-0.2, -0.15) is 0 Å². The Morgan fingerprint density at radius 2 is 1.91 bits per heavy atom. The van der Waals surface area contributed by atoms with Gasteiger partial charge in [0.25, 0.3) is 5.91 Å². The number of allylic oxidation sites excluding steroid dienone is 1. The summed E-state index contributed by atoms with van der Waals surface area (Å²) in [5, 5.41) is 7.51. The summed E-state index contributed by atoms with van der Waals surface area (Å²) in [6.07, 6.45) is 3.54. The fraction of sp³-hybridized carbons (Fsp3) is 0.280. The lowest BCUT2D eigenvalue weighted by atomic mass is 10.0. The fourth-order valence-corrected chi connectivity index (χ4v) is 4.48. The zero-order valence-corrected chi connectivity index (χ0v) is 19.5. The van der Waals surface area contributed by atoms with Gasteiger partial charge in [0.2, 0.25) is 0 Å². The molecule has 2 heterocycles. The van der Waals surface area contributed by atoms with Crippen molar-refractivity contribution in [2.24, 2.45) is 0 Å². The van der Waals surface area contributed by atoms with Crippen LogP contribution < -0.4 is 10.6 Å². The highest BCUT2D eigenvalue weighted by Crippen LogP contribution is 2.38. The number of imide groups is 1. The van der Waals surface area contributed by atoms with Crippen molar-refractivity contribution < 1.29 is 19.1 Å². The number of nitrogens with one attached hydrogen (secondary N) is 2. The van der Waals surface area contributed by atoms with Gasteiger partial charge in [0.05, 0.1) is 16.8 Å². The maximum absolute atomic E-state index is 13.1. The minimum Gasteiger partial charge on any atom is -0.452 e. The second-order valence-corrected chi connectivity index (χ2v) is 9.82. The van der Waals surface area contributed by atoms with E-state index in [4.69, 9.17) is 9.72 Å². The van der Waals surface area contributed by atoms with Crippen LogP contribution in [0.2, 0.25) is 0 Å². The molecule has 0 atom stereocenters. The number of hydrogen-bond acceptors (Lipinski definition) is 6. The van der Waals surface area contributed by atoms with E-state index in [9.17, 15) is 14.4 Å². The van der Waals surface area contributed by atoms with E-state index in [0.717, 1.165) is 28.1 Å². The number of benzene rings is 1. The molecule has 4 rings (SSSR count). The number of carbonyl (C=O) groups is 3. The molecule has 0 radical (unpaired) electrons. The van der Waals surface area contributed by atoms with Gasteiger partial charge < -0.3 is 10.1 Å². The van der Waals surface area contributed by atoms with Crippen LogP contribution in [-0.4, -0.2) is 35.0 Å². The summed E-state index contributed by atoms with van der Waals surface area (Å²) in [7, 11) is 0. The number of fused-ring (bicyclic) bond motifs is 2. The van der Waals surface area contributed by atoms with Gasteiger partial charge in [-0.25, -0.2) is 14.6 Å². The number of aromatic nitrogens is 1. The second kappa shape index (κ2) is 9.15. The zero-order chi connectivity index (χ0) is 23.6. The number of para-hydroxylation sites is 1. The van der Waals surface area contributed by atoms with Gasteiger partial charge in [-0.3, -0.25) is 10.1 Å². The van der Waals surface area contributed by atoms with E-state index in [0.29, 0.717) is 22.9 Å². The van der Waals surface area contributed by atoms with Gasteiger partial charge in [-0.15, -0.1) is 11.3 Å². The van der Waals surface area contributed by atoms with E-state index in [1.807, 2.05) is 41.8 Å². The minimum absolute atomic E-state index is 0.428. The van der Waals surface area contributed by atoms with Gasteiger partial charge in [0.1, 0.15) is 0 Å². The van der Waals surface area contributed by atoms with Gasteiger partial charge in [0, 0.05) is 15.8 Å². The summed E-state index contributed by atoms with van der Waals surface area (Å²) in [5.41, 5.74) is 3.32. The predicted octanol–water partition coefficient (Wildman–Crippen LogP) is 4.56. The molecule has 2 N–H and O–H groups in total. The number of esters is 1. The molecule has 0 aliphatic heterocycles. The highest BCUT2D eigenvalue weighted by Gasteiger charge is 2.28. The van der Waals surface area contributed by atoms with Crippen molar-refractivity contribution >= 4 is 51.8 Å². The Morgan fingerprint density at radius 1 is 1.12 bits per heavy atom. The van der Waals surface area contributed by atoms with E-state index in [-0.39, 0.29) is 0 Å². The van der Waals surface area contributed by atoms with Crippen LogP contribution in [-0.2, 0) is 16.0 Å². The second-order valence-electron chi connectivity index (χ2n) is 8.84. The largest absolute Gasteiger partial charge is 0.452 e. The quantitative estimate of drug-likeness (QED) is 0.553. The number of thiophene rings is 1. The molecule has 8 heteroatoms. The van der Waals surface area contributed by atoms with Gasteiger partial charge >= 0.3 is 12.0 Å². The average Bonchev–Trinajstić information content (AvgIpc) is 3.39. The SMILES string of the molecule is CC(C)(C)NC(=O)NC(=O)COC(=O)c1c2c(nc3ccccc13)/C(=C\c1cccs1)CC2. The third-order valence-electron chi connectivity index (χ3n) is 5.08. The molecular formula is C25H25N3O4S.